The van der Waals surface area contributed by atoms with E-state index in [2.05, 4.69) is 17.4 Å². The molecule has 2 rings (SSSR count). The van der Waals surface area contributed by atoms with Crippen LogP contribution < -0.4 is 5.32 Å². The summed E-state index contributed by atoms with van der Waals surface area (Å²) >= 11 is 0. The third kappa shape index (κ3) is 7.31. The number of aryl methyl sites for hydroxylation is 1. The number of aldehydes is 1. The maximum absolute atomic E-state index is 13.0. The normalized spacial score (nSPS) is 13.6. The highest BCUT2D eigenvalue weighted by atomic mass is 16.6. The van der Waals surface area contributed by atoms with Crippen LogP contribution in [-0.2, 0) is 29.4 Å². The molecule has 0 fully saturated rings. The third-order valence-corrected chi connectivity index (χ3v) is 7.44. The van der Waals surface area contributed by atoms with Crippen LogP contribution in [0.4, 0.5) is 4.79 Å². The Balaban J connectivity index is 2.13. The molecular formula is C30H44N2O4. The Hall–Kier alpha value is -2.89. The van der Waals surface area contributed by atoms with Crippen LogP contribution in [0.3, 0.4) is 0 Å². The van der Waals surface area contributed by atoms with Gasteiger partial charge in [-0.25, -0.2) is 4.79 Å². The van der Waals surface area contributed by atoms with Gasteiger partial charge in [-0.15, -0.1) is 0 Å². The molecule has 0 aliphatic heterocycles. The van der Waals surface area contributed by atoms with E-state index in [-0.39, 0.29) is 5.78 Å². The van der Waals surface area contributed by atoms with Crippen molar-refractivity contribution in [2.75, 3.05) is 0 Å². The third-order valence-electron chi connectivity index (χ3n) is 7.44. The van der Waals surface area contributed by atoms with Gasteiger partial charge >= 0.3 is 6.09 Å². The van der Waals surface area contributed by atoms with Crippen LogP contribution in [0.5, 0.6) is 0 Å². The summed E-state index contributed by atoms with van der Waals surface area (Å²) in [5, 5.41) is 2.85. The Morgan fingerprint density at radius 3 is 2.17 bits per heavy atom. The first-order valence-electron chi connectivity index (χ1n) is 13.1. The minimum Gasteiger partial charge on any atom is -0.444 e. The molecule has 2 aromatic rings. The summed E-state index contributed by atoms with van der Waals surface area (Å²) in [7, 11) is 1.90. The second-order valence-corrected chi connectivity index (χ2v) is 11.0. The van der Waals surface area contributed by atoms with Gasteiger partial charge in [0.1, 0.15) is 17.4 Å². The van der Waals surface area contributed by atoms with Crippen molar-refractivity contribution in [3.8, 4) is 0 Å². The number of carbonyl (C=O) groups excluding carboxylic acids is 3. The van der Waals surface area contributed by atoms with Gasteiger partial charge in [-0.2, -0.15) is 0 Å². The fraction of sp³-hybridized carbons (Fsp3) is 0.567. The molecule has 1 heterocycles. The molecule has 36 heavy (non-hydrogen) atoms. The molecule has 1 amide bonds. The van der Waals surface area contributed by atoms with Gasteiger partial charge in [-0.1, -0.05) is 44.2 Å². The number of nitrogens with one attached hydrogen (secondary N) is 1. The molecule has 1 N–H and O–H groups in total. The van der Waals surface area contributed by atoms with Gasteiger partial charge in [0.25, 0.3) is 0 Å². The zero-order chi connectivity index (χ0) is 27.0. The molecule has 0 bridgehead atoms. The molecule has 0 radical (unpaired) electrons. The number of benzene rings is 1. The number of amides is 1. The summed E-state index contributed by atoms with van der Waals surface area (Å²) in [5.74, 6) is 0.125. The molecule has 0 aliphatic carbocycles. The average molecular weight is 497 g/mol. The first-order chi connectivity index (χ1) is 16.9. The number of Topliss-reactive ketones (excluding diaryl/α,β-unsaturated/α-hetero) is 1. The van der Waals surface area contributed by atoms with Gasteiger partial charge in [-0.3, -0.25) is 4.79 Å². The molecule has 0 aliphatic rings. The number of nitrogens with zero attached hydrogens (tertiary/aromatic N) is 1. The average Bonchev–Trinajstić information content (AvgIpc) is 3.19. The lowest BCUT2D eigenvalue weighted by Crippen LogP contribution is -2.60. The Morgan fingerprint density at radius 2 is 1.61 bits per heavy atom. The molecule has 0 saturated heterocycles. The lowest BCUT2D eigenvalue weighted by Gasteiger charge is -2.45. The van der Waals surface area contributed by atoms with Crippen molar-refractivity contribution in [3.05, 3.63) is 59.4 Å². The molecule has 1 aromatic carbocycles. The van der Waals surface area contributed by atoms with Crippen molar-refractivity contribution in [1.82, 2.24) is 9.88 Å². The number of hydrogen-bond donors (Lipinski definition) is 1. The van der Waals surface area contributed by atoms with Crippen molar-refractivity contribution < 1.29 is 19.1 Å². The minimum atomic E-state index is -1.13. The van der Waals surface area contributed by atoms with E-state index in [0.717, 1.165) is 31.2 Å². The molecule has 198 valence electrons. The number of hydrogen-bond acceptors (Lipinski definition) is 4. The quantitative estimate of drug-likeness (QED) is 0.196. The lowest BCUT2D eigenvalue weighted by molar-refractivity contribution is -0.118. The van der Waals surface area contributed by atoms with Crippen LogP contribution in [0.1, 0.15) is 95.4 Å². The number of aromatic nitrogens is 1. The molecule has 0 spiro atoms. The predicted molar refractivity (Wildman–Crippen MR) is 144 cm³/mol. The van der Waals surface area contributed by atoms with Gasteiger partial charge < -0.3 is 19.4 Å². The van der Waals surface area contributed by atoms with Gasteiger partial charge in [0, 0.05) is 24.6 Å². The molecule has 0 unspecified atom stereocenters. The van der Waals surface area contributed by atoms with Crippen molar-refractivity contribution in [2.45, 2.75) is 97.6 Å². The highest BCUT2D eigenvalue weighted by molar-refractivity contribution is 5.94. The molecule has 1 aromatic heterocycles. The van der Waals surface area contributed by atoms with Crippen molar-refractivity contribution in [1.29, 1.82) is 0 Å². The largest absolute Gasteiger partial charge is 0.444 e. The Bertz CT molecular complexity index is 1020. The van der Waals surface area contributed by atoms with Gasteiger partial charge in [0.05, 0.1) is 5.69 Å². The van der Waals surface area contributed by atoms with E-state index in [1.165, 1.54) is 5.56 Å². The second-order valence-electron chi connectivity index (χ2n) is 11.0. The Morgan fingerprint density at radius 1 is 0.972 bits per heavy atom. The van der Waals surface area contributed by atoms with E-state index < -0.39 is 22.6 Å². The summed E-state index contributed by atoms with van der Waals surface area (Å²) < 4.78 is 7.39. The highest BCUT2D eigenvalue weighted by Gasteiger charge is 2.48. The minimum absolute atomic E-state index is 0.125. The number of ether oxygens (including phenoxy) is 1. The van der Waals surface area contributed by atoms with Gasteiger partial charge in [-0.05, 0) is 83.9 Å². The lowest BCUT2D eigenvalue weighted by atomic mass is 9.64. The van der Waals surface area contributed by atoms with Crippen LogP contribution in [-0.4, -0.2) is 33.9 Å². The molecule has 0 saturated carbocycles. The van der Waals surface area contributed by atoms with Crippen LogP contribution in [0, 0.1) is 5.41 Å². The number of carbonyl (C=O) groups is 3. The summed E-state index contributed by atoms with van der Waals surface area (Å²) in [6.07, 6.45) is 5.38. The number of rotatable bonds is 13. The Labute approximate surface area is 216 Å². The van der Waals surface area contributed by atoms with Crippen molar-refractivity contribution in [3.63, 3.8) is 0 Å². The van der Waals surface area contributed by atoms with E-state index in [9.17, 15) is 14.4 Å². The zero-order valence-electron chi connectivity index (χ0n) is 23.1. The SMILES string of the molecule is CCC(CC)(Cc1ccc(C(=O)CCCCc2ccccc2)n1C)[C@](C)(C=O)NC(=O)OC(C)(C)C. The first-order valence-corrected chi connectivity index (χ1v) is 13.1. The summed E-state index contributed by atoms with van der Waals surface area (Å²) in [6.45, 7) is 11.2. The van der Waals surface area contributed by atoms with E-state index in [4.69, 9.17) is 4.74 Å². The van der Waals surface area contributed by atoms with Crippen molar-refractivity contribution >= 4 is 18.2 Å². The van der Waals surface area contributed by atoms with E-state index in [1.807, 2.05) is 55.8 Å². The van der Waals surface area contributed by atoms with Crippen molar-refractivity contribution in [2.24, 2.45) is 12.5 Å². The van der Waals surface area contributed by atoms with Crippen LogP contribution in [0.25, 0.3) is 0 Å². The number of unbranched alkanes of at least 4 members (excludes halogenated alkanes) is 1. The second kappa shape index (κ2) is 12.4. The monoisotopic (exact) mass is 496 g/mol. The summed E-state index contributed by atoms with van der Waals surface area (Å²) in [4.78, 5) is 38.0. The van der Waals surface area contributed by atoms with E-state index >= 15 is 0 Å². The molecule has 1 atom stereocenters. The maximum Gasteiger partial charge on any atom is 0.408 e. The zero-order valence-corrected chi connectivity index (χ0v) is 23.1. The number of ketones is 1. The van der Waals surface area contributed by atoms with Crippen LogP contribution in [0.15, 0.2) is 42.5 Å². The van der Waals surface area contributed by atoms with Gasteiger partial charge in [0.15, 0.2) is 5.78 Å². The van der Waals surface area contributed by atoms with E-state index in [1.54, 1.807) is 27.7 Å². The highest BCUT2D eigenvalue weighted by Crippen LogP contribution is 2.41. The predicted octanol–water partition coefficient (Wildman–Crippen LogP) is 6.45. The first kappa shape index (κ1) is 29.3. The topological polar surface area (TPSA) is 77.4 Å². The Kier molecular flexibility index (Phi) is 10.1. The fourth-order valence-electron chi connectivity index (χ4n) is 4.97. The van der Waals surface area contributed by atoms with Crippen LogP contribution in [0.2, 0.25) is 0 Å². The van der Waals surface area contributed by atoms with Gasteiger partial charge in [0.2, 0.25) is 0 Å². The van der Waals surface area contributed by atoms with Crippen LogP contribution >= 0.6 is 0 Å². The summed E-state index contributed by atoms with van der Waals surface area (Å²) in [5.41, 5.74) is 0.589. The maximum atomic E-state index is 13.0. The number of alkyl carbamates (subject to hydrolysis) is 1. The molecule has 6 heteroatoms. The standard InChI is InChI=1S/C30H44N2O4/c1-8-30(9-2,29(6,22-33)31-27(35)36-28(3,4)5)21-24-19-20-25(32(24)7)26(34)18-14-13-17-23-15-11-10-12-16-23/h10-12,15-16,19-20,22H,8-9,13-14,17-18,21H2,1-7H3,(H,31,35)/t29-/m0/s1. The fourth-order valence-corrected chi connectivity index (χ4v) is 4.97. The summed E-state index contributed by atoms with van der Waals surface area (Å²) in [6, 6.07) is 14.2. The molecule has 6 nitrogen and oxygen atoms in total. The van der Waals surface area contributed by atoms with E-state index in [0.29, 0.717) is 31.4 Å². The molecular weight excluding hydrogens is 452 g/mol. The smallest absolute Gasteiger partial charge is 0.408 e.